The van der Waals surface area contributed by atoms with Crippen molar-refractivity contribution < 1.29 is 9.90 Å². The molecule has 1 amide bonds. The monoisotopic (exact) mass is 287 g/mol. The minimum Gasteiger partial charge on any atom is -0.392 e. The van der Waals surface area contributed by atoms with Gasteiger partial charge >= 0.3 is 0 Å². The third-order valence-electron chi connectivity index (χ3n) is 3.13. The Morgan fingerprint density at radius 2 is 1.90 bits per heavy atom. The largest absolute Gasteiger partial charge is 0.392 e. The number of nitrogens with two attached hydrogens (primary N) is 1. The Kier molecular flexibility index (Phi) is 4.82. The Morgan fingerprint density at radius 3 is 2.45 bits per heavy atom. The van der Waals surface area contributed by atoms with Crippen LogP contribution < -0.4 is 5.73 Å². The maximum absolute atomic E-state index is 11.1. The highest BCUT2D eigenvalue weighted by molar-refractivity contribution is 7.98. The SMILES string of the molecule is Cc1cc(C(N)=O)ccc1CSc1ccc(CO)cc1. The zero-order chi connectivity index (χ0) is 14.5. The summed E-state index contributed by atoms with van der Waals surface area (Å²) in [6.07, 6.45) is 0. The van der Waals surface area contributed by atoms with Crippen LogP contribution >= 0.6 is 11.8 Å². The fourth-order valence-electron chi connectivity index (χ4n) is 1.86. The number of hydrogen-bond acceptors (Lipinski definition) is 3. The number of primary amides is 1. The summed E-state index contributed by atoms with van der Waals surface area (Å²) in [7, 11) is 0. The average Bonchev–Trinajstić information content (AvgIpc) is 2.46. The lowest BCUT2D eigenvalue weighted by Crippen LogP contribution is -2.11. The van der Waals surface area contributed by atoms with Crippen LogP contribution in [-0.4, -0.2) is 11.0 Å². The molecule has 0 saturated carbocycles. The van der Waals surface area contributed by atoms with Gasteiger partial charge in [-0.1, -0.05) is 18.2 Å². The number of aliphatic hydroxyl groups excluding tert-OH is 1. The number of hydrogen-bond donors (Lipinski definition) is 2. The lowest BCUT2D eigenvalue weighted by molar-refractivity contribution is 0.1000. The molecule has 0 unspecified atom stereocenters. The Bertz CT molecular complexity index is 608. The van der Waals surface area contributed by atoms with Gasteiger partial charge in [0.05, 0.1) is 6.61 Å². The molecule has 0 aliphatic rings. The van der Waals surface area contributed by atoms with E-state index in [2.05, 4.69) is 0 Å². The van der Waals surface area contributed by atoms with Gasteiger partial charge in [0.1, 0.15) is 0 Å². The molecule has 0 spiro atoms. The molecule has 20 heavy (non-hydrogen) atoms. The van der Waals surface area contributed by atoms with Crippen molar-refractivity contribution in [2.45, 2.75) is 24.2 Å². The van der Waals surface area contributed by atoms with E-state index in [1.54, 1.807) is 17.8 Å². The van der Waals surface area contributed by atoms with E-state index in [0.717, 1.165) is 21.8 Å². The van der Waals surface area contributed by atoms with Crippen molar-refractivity contribution in [1.29, 1.82) is 0 Å². The van der Waals surface area contributed by atoms with Crippen LogP contribution in [-0.2, 0) is 12.4 Å². The molecule has 0 radical (unpaired) electrons. The van der Waals surface area contributed by atoms with Gasteiger partial charge in [0.2, 0.25) is 5.91 Å². The number of thioether (sulfide) groups is 1. The van der Waals surface area contributed by atoms with E-state index in [-0.39, 0.29) is 6.61 Å². The van der Waals surface area contributed by atoms with Gasteiger partial charge in [-0.05, 0) is 47.9 Å². The summed E-state index contributed by atoms with van der Waals surface area (Å²) < 4.78 is 0. The van der Waals surface area contributed by atoms with Crippen LogP contribution in [0.3, 0.4) is 0 Å². The first kappa shape index (κ1) is 14.6. The van der Waals surface area contributed by atoms with Crippen LogP contribution in [0.2, 0.25) is 0 Å². The van der Waals surface area contributed by atoms with Crippen molar-refractivity contribution in [3.05, 3.63) is 64.7 Å². The number of aryl methyl sites for hydroxylation is 1. The molecule has 2 aromatic rings. The Morgan fingerprint density at radius 1 is 1.20 bits per heavy atom. The summed E-state index contributed by atoms with van der Waals surface area (Å²) in [5.74, 6) is 0.440. The van der Waals surface area contributed by atoms with Crippen LogP contribution in [0.4, 0.5) is 0 Å². The van der Waals surface area contributed by atoms with Crippen LogP contribution in [0.15, 0.2) is 47.4 Å². The zero-order valence-electron chi connectivity index (χ0n) is 11.3. The van der Waals surface area contributed by atoms with Gasteiger partial charge in [-0.15, -0.1) is 11.8 Å². The molecule has 2 aromatic carbocycles. The van der Waals surface area contributed by atoms with Crippen molar-refractivity contribution in [3.63, 3.8) is 0 Å². The van der Waals surface area contributed by atoms with Gasteiger partial charge in [-0.2, -0.15) is 0 Å². The molecule has 0 bridgehead atoms. The maximum atomic E-state index is 11.1. The number of benzene rings is 2. The molecular formula is C16H17NO2S. The molecule has 4 heteroatoms. The quantitative estimate of drug-likeness (QED) is 0.831. The van der Waals surface area contributed by atoms with Gasteiger partial charge in [0.15, 0.2) is 0 Å². The number of carbonyl (C=O) groups is 1. The molecule has 0 aliphatic heterocycles. The lowest BCUT2D eigenvalue weighted by Gasteiger charge is -2.07. The molecule has 0 fully saturated rings. The molecule has 2 rings (SSSR count). The van der Waals surface area contributed by atoms with Crippen LogP contribution in [0.1, 0.15) is 27.0 Å². The summed E-state index contributed by atoms with van der Waals surface area (Å²) in [6, 6.07) is 13.4. The van der Waals surface area contributed by atoms with Crippen molar-refractivity contribution >= 4 is 17.7 Å². The molecule has 104 valence electrons. The first-order valence-electron chi connectivity index (χ1n) is 6.32. The lowest BCUT2D eigenvalue weighted by atomic mass is 10.1. The van der Waals surface area contributed by atoms with Crippen molar-refractivity contribution in [3.8, 4) is 0 Å². The maximum Gasteiger partial charge on any atom is 0.248 e. The summed E-state index contributed by atoms with van der Waals surface area (Å²) in [5.41, 5.74) is 8.98. The van der Waals surface area contributed by atoms with E-state index in [1.165, 1.54) is 5.56 Å². The van der Waals surface area contributed by atoms with Gasteiger partial charge in [-0.3, -0.25) is 4.79 Å². The summed E-state index contributed by atoms with van der Waals surface area (Å²) in [4.78, 5) is 12.3. The van der Waals surface area contributed by atoms with E-state index in [1.807, 2.05) is 43.3 Å². The van der Waals surface area contributed by atoms with E-state index < -0.39 is 5.91 Å². The third kappa shape index (κ3) is 3.62. The van der Waals surface area contributed by atoms with Gasteiger partial charge in [-0.25, -0.2) is 0 Å². The summed E-state index contributed by atoms with van der Waals surface area (Å²) in [5, 5.41) is 9.00. The van der Waals surface area contributed by atoms with Gasteiger partial charge in [0.25, 0.3) is 0 Å². The normalized spacial score (nSPS) is 10.5. The molecule has 3 nitrogen and oxygen atoms in total. The number of amides is 1. The zero-order valence-corrected chi connectivity index (χ0v) is 12.1. The minimum atomic E-state index is -0.396. The Labute approximate surface area is 122 Å². The first-order chi connectivity index (χ1) is 9.60. The van der Waals surface area contributed by atoms with E-state index in [9.17, 15) is 4.79 Å². The Balaban J connectivity index is 2.04. The minimum absolute atomic E-state index is 0.0681. The van der Waals surface area contributed by atoms with Crippen molar-refractivity contribution in [2.75, 3.05) is 0 Å². The van der Waals surface area contributed by atoms with Crippen LogP contribution in [0, 0.1) is 6.92 Å². The molecular weight excluding hydrogens is 270 g/mol. The highest BCUT2D eigenvalue weighted by Crippen LogP contribution is 2.25. The number of aliphatic hydroxyl groups is 1. The van der Waals surface area contributed by atoms with Gasteiger partial charge in [0, 0.05) is 16.2 Å². The standard InChI is InChI=1S/C16H17NO2S/c1-11-8-13(16(17)19)4-5-14(11)10-20-15-6-2-12(9-18)3-7-15/h2-8,18H,9-10H2,1H3,(H2,17,19). The fraction of sp³-hybridized carbons (Fsp3) is 0.188. The number of carbonyl (C=O) groups excluding carboxylic acids is 1. The second-order valence-electron chi connectivity index (χ2n) is 4.60. The van der Waals surface area contributed by atoms with Crippen LogP contribution in [0.25, 0.3) is 0 Å². The van der Waals surface area contributed by atoms with Crippen LogP contribution in [0.5, 0.6) is 0 Å². The van der Waals surface area contributed by atoms with Gasteiger partial charge < -0.3 is 10.8 Å². The highest BCUT2D eigenvalue weighted by Gasteiger charge is 2.05. The highest BCUT2D eigenvalue weighted by atomic mass is 32.2. The number of rotatable bonds is 5. The third-order valence-corrected chi connectivity index (χ3v) is 4.19. The van der Waals surface area contributed by atoms with E-state index in [0.29, 0.717) is 5.56 Å². The first-order valence-corrected chi connectivity index (χ1v) is 7.30. The smallest absolute Gasteiger partial charge is 0.248 e. The summed E-state index contributed by atoms with van der Waals surface area (Å²) in [6.45, 7) is 2.05. The van der Waals surface area contributed by atoms with E-state index in [4.69, 9.17) is 10.8 Å². The second kappa shape index (κ2) is 6.59. The topological polar surface area (TPSA) is 63.3 Å². The molecule has 0 aliphatic carbocycles. The van der Waals surface area contributed by atoms with E-state index >= 15 is 0 Å². The average molecular weight is 287 g/mol. The predicted octanol–water partition coefficient (Wildman–Crippen LogP) is 2.88. The molecule has 0 saturated heterocycles. The molecule has 0 aromatic heterocycles. The molecule has 3 N–H and O–H groups in total. The summed E-state index contributed by atoms with van der Waals surface area (Å²) >= 11 is 1.72. The van der Waals surface area contributed by atoms with Crippen molar-refractivity contribution in [2.24, 2.45) is 5.73 Å². The second-order valence-corrected chi connectivity index (χ2v) is 5.65. The molecule has 0 atom stereocenters. The predicted molar refractivity (Wildman–Crippen MR) is 81.6 cm³/mol. The van der Waals surface area contributed by atoms with Crippen molar-refractivity contribution in [1.82, 2.24) is 0 Å². The molecule has 0 heterocycles. The Hall–Kier alpha value is -1.78. The fourth-order valence-corrected chi connectivity index (χ4v) is 2.84.